The van der Waals surface area contributed by atoms with Gasteiger partial charge in [-0.15, -0.1) is 13.2 Å². The molecule has 1 aromatic carbocycles. The number of nitrogens with one attached hydrogen (secondary N) is 1. The van der Waals surface area contributed by atoms with Gasteiger partial charge < -0.3 is 10.1 Å². The average molecular weight is 259 g/mol. The summed E-state index contributed by atoms with van der Waals surface area (Å²) in [4.78, 5) is 0. The molecule has 1 fully saturated rings. The number of alkyl halides is 3. The highest BCUT2D eigenvalue weighted by molar-refractivity contribution is 5.30. The van der Waals surface area contributed by atoms with E-state index >= 15 is 0 Å². The Morgan fingerprint density at radius 2 is 1.83 bits per heavy atom. The fraction of sp³-hybridized carbons (Fsp3) is 0.538. The summed E-state index contributed by atoms with van der Waals surface area (Å²) in [6.07, 6.45) is -1.05. The number of ether oxygens (including phenoxy) is 1. The molecule has 0 saturated heterocycles. The van der Waals surface area contributed by atoms with Crippen LogP contribution in [0.1, 0.15) is 30.9 Å². The molecule has 1 aliphatic rings. The highest BCUT2D eigenvalue weighted by atomic mass is 19.4. The number of hydrogen-bond acceptors (Lipinski definition) is 2. The van der Waals surface area contributed by atoms with Gasteiger partial charge in [0.1, 0.15) is 5.75 Å². The van der Waals surface area contributed by atoms with Crippen molar-refractivity contribution < 1.29 is 17.9 Å². The largest absolute Gasteiger partial charge is 0.573 e. The van der Waals surface area contributed by atoms with Crippen molar-refractivity contribution >= 4 is 0 Å². The van der Waals surface area contributed by atoms with Crippen molar-refractivity contribution in [2.45, 2.75) is 31.7 Å². The highest BCUT2D eigenvalue weighted by Gasteiger charge is 2.31. The van der Waals surface area contributed by atoms with Crippen LogP contribution >= 0.6 is 0 Å². The Balaban J connectivity index is 2.06. The zero-order valence-corrected chi connectivity index (χ0v) is 10.1. The van der Waals surface area contributed by atoms with Gasteiger partial charge >= 0.3 is 6.36 Å². The minimum Gasteiger partial charge on any atom is -0.406 e. The van der Waals surface area contributed by atoms with E-state index in [2.05, 4.69) is 10.1 Å². The first-order chi connectivity index (χ1) is 8.49. The predicted molar refractivity (Wildman–Crippen MR) is 62.3 cm³/mol. The van der Waals surface area contributed by atoms with Crippen molar-refractivity contribution in [2.24, 2.45) is 5.92 Å². The first kappa shape index (κ1) is 13.2. The molecule has 1 aliphatic carbocycles. The first-order valence-electron chi connectivity index (χ1n) is 6.02. The van der Waals surface area contributed by atoms with Crippen LogP contribution in [0.2, 0.25) is 0 Å². The average Bonchev–Trinajstić information content (AvgIpc) is 2.22. The van der Waals surface area contributed by atoms with Crippen molar-refractivity contribution in [3.63, 3.8) is 0 Å². The molecule has 1 N–H and O–H groups in total. The van der Waals surface area contributed by atoms with Gasteiger partial charge in [-0.2, -0.15) is 0 Å². The van der Waals surface area contributed by atoms with Crippen LogP contribution in [-0.2, 0) is 0 Å². The van der Waals surface area contributed by atoms with E-state index in [0.717, 1.165) is 5.56 Å². The lowest BCUT2D eigenvalue weighted by Gasteiger charge is -2.34. The summed E-state index contributed by atoms with van der Waals surface area (Å²) >= 11 is 0. The number of hydrogen-bond donors (Lipinski definition) is 1. The van der Waals surface area contributed by atoms with Crippen molar-refractivity contribution in [2.75, 3.05) is 7.05 Å². The van der Waals surface area contributed by atoms with Gasteiger partial charge in [0.05, 0.1) is 0 Å². The van der Waals surface area contributed by atoms with Crippen molar-refractivity contribution in [1.29, 1.82) is 0 Å². The summed E-state index contributed by atoms with van der Waals surface area (Å²) in [6.45, 7) is 0. The Hall–Kier alpha value is -1.23. The highest BCUT2D eigenvalue weighted by Crippen LogP contribution is 2.38. The monoisotopic (exact) mass is 259 g/mol. The maximum Gasteiger partial charge on any atom is 0.573 e. The molecule has 100 valence electrons. The van der Waals surface area contributed by atoms with E-state index < -0.39 is 6.36 Å². The zero-order valence-electron chi connectivity index (χ0n) is 10.1. The lowest BCUT2D eigenvalue weighted by molar-refractivity contribution is -0.274. The topological polar surface area (TPSA) is 21.3 Å². The smallest absolute Gasteiger partial charge is 0.406 e. The third-order valence-corrected chi connectivity index (χ3v) is 3.41. The third kappa shape index (κ3) is 3.16. The molecule has 0 heterocycles. The van der Waals surface area contributed by atoms with Crippen LogP contribution < -0.4 is 10.1 Å². The van der Waals surface area contributed by atoms with E-state index in [1.165, 1.54) is 31.4 Å². The molecule has 5 heteroatoms. The number of halogens is 3. The van der Waals surface area contributed by atoms with Crippen LogP contribution in [0.5, 0.6) is 5.75 Å². The molecule has 0 aliphatic heterocycles. The predicted octanol–water partition coefficient (Wildman–Crippen LogP) is 3.65. The second-order valence-electron chi connectivity index (χ2n) is 4.57. The Morgan fingerprint density at radius 1 is 1.22 bits per heavy atom. The Kier molecular flexibility index (Phi) is 3.80. The number of benzene rings is 1. The second kappa shape index (κ2) is 5.18. The fourth-order valence-corrected chi connectivity index (χ4v) is 2.32. The normalized spacial score (nSPS) is 18.2. The van der Waals surface area contributed by atoms with Crippen LogP contribution in [0.15, 0.2) is 24.3 Å². The maximum atomic E-state index is 12.0. The van der Waals surface area contributed by atoms with Gasteiger partial charge in [0.15, 0.2) is 0 Å². The summed E-state index contributed by atoms with van der Waals surface area (Å²) in [5.41, 5.74) is 1.01. The lowest BCUT2D eigenvalue weighted by atomic mass is 9.77. The van der Waals surface area contributed by atoms with Gasteiger partial charge in [-0.05, 0) is 43.5 Å². The first-order valence-corrected chi connectivity index (χ1v) is 6.02. The summed E-state index contributed by atoms with van der Waals surface area (Å²) in [5.74, 6) is 0.416. The standard InChI is InChI=1S/C13H16F3NO/c1-17-12(9-3-2-4-9)10-5-7-11(8-6-10)18-13(14,15)16/h5-9,12,17H,2-4H2,1H3. The molecule has 0 spiro atoms. The van der Waals surface area contributed by atoms with E-state index in [4.69, 9.17) is 0 Å². The van der Waals surface area contributed by atoms with Crippen LogP contribution in [0, 0.1) is 5.92 Å². The molecule has 2 nitrogen and oxygen atoms in total. The van der Waals surface area contributed by atoms with Gasteiger partial charge in [0.2, 0.25) is 0 Å². The SMILES string of the molecule is CNC(c1ccc(OC(F)(F)F)cc1)C1CCC1. The van der Waals surface area contributed by atoms with Crippen molar-refractivity contribution in [3.05, 3.63) is 29.8 Å². The molecule has 0 radical (unpaired) electrons. The molecule has 18 heavy (non-hydrogen) atoms. The van der Waals surface area contributed by atoms with Crippen LogP contribution in [-0.4, -0.2) is 13.4 Å². The molecular weight excluding hydrogens is 243 g/mol. The summed E-state index contributed by atoms with van der Waals surface area (Å²) < 4.78 is 39.9. The van der Waals surface area contributed by atoms with E-state index in [1.54, 1.807) is 12.1 Å². The van der Waals surface area contributed by atoms with Crippen LogP contribution in [0.25, 0.3) is 0 Å². The fourth-order valence-electron chi connectivity index (χ4n) is 2.32. The molecule has 0 aromatic heterocycles. The van der Waals surface area contributed by atoms with E-state index in [-0.39, 0.29) is 11.8 Å². The van der Waals surface area contributed by atoms with Crippen molar-refractivity contribution in [3.8, 4) is 5.75 Å². The molecular formula is C13H16F3NO. The van der Waals surface area contributed by atoms with Gasteiger partial charge in [0.25, 0.3) is 0 Å². The molecule has 1 atom stereocenters. The van der Waals surface area contributed by atoms with Gasteiger partial charge in [0, 0.05) is 6.04 Å². The molecule has 2 rings (SSSR count). The summed E-state index contributed by atoms with van der Waals surface area (Å²) in [7, 11) is 1.88. The Bertz CT molecular complexity index is 384. The lowest BCUT2D eigenvalue weighted by Crippen LogP contribution is -2.29. The van der Waals surface area contributed by atoms with E-state index in [0.29, 0.717) is 5.92 Å². The molecule has 0 bridgehead atoms. The maximum absolute atomic E-state index is 12.0. The summed E-state index contributed by atoms with van der Waals surface area (Å²) in [6, 6.07) is 6.34. The van der Waals surface area contributed by atoms with Gasteiger partial charge in [-0.1, -0.05) is 18.6 Å². The molecule has 1 unspecified atom stereocenters. The van der Waals surface area contributed by atoms with Gasteiger partial charge in [-0.3, -0.25) is 0 Å². The Labute approximate surface area is 104 Å². The van der Waals surface area contributed by atoms with Gasteiger partial charge in [-0.25, -0.2) is 0 Å². The van der Waals surface area contributed by atoms with Crippen LogP contribution in [0.3, 0.4) is 0 Å². The summed E-state index contributed by atoms with van der Waals surface area (Å²) in [5, 5.41) is 3.22. The molecule has 0 amide bonds. The quantitative estimate of drug-likeness (QED) is 0.891. The third-order valence-electron chi connectivity index (χ3n) is 3.41. The zero-order chi connectivity index (χ0) is 13.2. The minimum absolute atomic E-state index is 0.172. The second-order valence-corrected chi connectivity index (χ2v) is 4.57. The molecule has 1 aromatic rings. The number of rotatable bonds is 4. The van der Waals surface area contributed by atoms with E-state index in [9.17, 15) is 13.2 Å². The minimum atomic E-state index is -4.63. The van der Waals surface area contributed by atoms with E-state index in [1.807, 2.05) is 7.05 Å². The Morgan fingerprint density at radius 3 is 2.22 bits per heavy atom. The van der Waals surface area contributed by atoms with Crippen LogP contribution in [0.4, 0.5) is 13.2 Å². The molecule has 1 saturated carbocycles. The van der Waals surface area contributed by atoms with Crippen molar-refractivity contribution in [1.82, 2.24) is 5.32 Å².